The zero-order chi connectivity index (χ0) is 10.0. The molecule has 0 spiro atoms. The van der Waals surface area contributed by atoms with Crippen LogP contribution in [0.4, 0.5) is 4.39 Å². The van der Waals surface area contributed by atoms with Crippen molar-refractivity contribution in [3.63, 3.8) is 0 Å². The predicted molar refractivity (Wildman–Crippen MR) is 49.3 cm³/mol. The summed E-state index contributed by atoms with van der Waals surface area (Å²) in [7, 11) is -1.87. The van der Waals surface area contributed by atoms with E-state index in [2.05, 4.69) is 15.9 Å². The van der Waals surface area contributed by atoms with Gasteiger partial charge >= 0.3 is 7.12 Å². The molecule has 0 heterocycles. The fourth-order valence-corrected chi connectivity index (χ4v) is 1.49. The van der Waals surface area contributed by atoms with Crippen LogP contribution in [0.3, 0.4) is 0 Å². The predicted octanol–water partition coefficient (Wildman–Crippen LogP) is 0.634. The van der Waals surface area contributed by atoms with E-state index in [-0.39, 0.29) is 5.56 Å². The summed E-state index contributed by atoms with van der Waals surface area (Å²) in [4.78, 5) is 0. The highest BCUT2D eigenvalue weighted by molar-refractivity contribution is 9.10. The van der Waals surface area contributed by atoms with E-state index in [1.807, 2.05) is 0 Å². The molecule has 0 amide bonds. The van der Waals surface area contributed by atoms with Crippen LogP contribution < -0.4 is 0 Å². The Balaban J connectivity index is 3.01. The molecular formula is C7H7BBrFO3. The van der Waals surface area contributed by atoms with Gasteiger partial charge in [-0.15, -0.1) is 0 Å². The molecule has 0 saturated heterocycles. The van der Waals surface area contributed by atoms with Gasteiger partial charge in [0, 0.05) is 4.47 Å². The van der Waals surface area contributed by atoms with Gasteiger partial charge in [0.1, 0.15) is 11.8 Å². The van der Waals surface area contributed by atoms with Crippen molar-refractivity contribution in [2.24, 2.45) is 0 Å². The first-order valence-electron chi connectivity index (χ1n) is 3.51. The van der Waals surface area contributed by atoms with Crippen molar-refractivity contribution < 1.29 is 19.5 Å². The molecule has 3 nitrogen and oxygen atoms in total. The Morgan fingerprint density at radius 3 is 2.46 bits per heavy atom. The van der Waals surface area contributed by atoms with Crippen LogP contribution >= 0.6 is 15.9 Å². The average Bonchev–Trinajstić information content (AvgIpc) is 2.03. The quantitative estimate of drug-likeness (QED) is 0.673. The van der Waals surface area contributed by atoms with Crippen molar-refractivity contribution in [3.8, 4) is 0 Å². The second-order valence-corrected chi connectivity index (χ2v) is 3.38. The van der Waals surface area contributed by atoms with E-state index in [1.54, 1.807) is 0 Å². The van der Waals surface area contributed by atoms with Gasteiger partial charge in [-0.05, 0) is 17.7 Å². The van der Waals surface area contributed by atoms with Crippen molar-refractivity contribution in [3.05, 3.63) is 34.1 Å². The van der Waals surface area contributed by atoms with Crippen LogP contribution in [0.25, 0.3) is 0 Å². The summed E-state index contributed by atoms with van der Waals surface area (Å²) in [6.07, 6.45) is 0. The Morgan fingerprint density at radius 2 is 2.00 bits per heavy atom. The summed E-state index contributed by atoms with van der Waals surface area (Å²) in [5.41, 5.74) is 0.233. The third kappa shape index (κ3) is 2.51. The summed E-state index contributed by atoms with van der Waals surface area (Å²) < 4.78 is 12.9. The first-order valence-corrected chi connectivity index (χ1v) is 4.31. The van der Waals surface area contributed by atoms with E-state index in [0.29, 0.717) is 4.47 Å². The Bertz CT molecular complexity index is 308. The molecule has 0 aliphatic heterocycles. The maximum Gasteiger partial charge on any atom is 0.487 e. The van der Waals surface area contributed by atoms with E-state index < -0.39 is 18.9 Å². The molecule has 13 heavy (non-hydrogen) atoms. The van der Waals surface area contributed by atoms with Gasteiger partial charge in [-0.25, -0.2) is 4.39 Å². The molecule has 1 atom stereocenters. The molecule has 0 radical (unpaired) electrons. The molecule has 0 unspecified atom stereocenters. The van der Waals surface area contributed by atoms with Crippen LogP contribution in [0, 0.1) is 5.82 Å². The molecule has 0 fully saturated rings. The number of halogens is 2. The fourth-order valence-electron chi connectivity index (χ4n) is 0.902. The number of benzene rings is 1. The van der Waals surface area contributed by atoms with Crippen LogP contribution in [0.5, 0.6) is 0 Å². The van der Waals surface area contributed by atoms with Crippen molar-refractivity contribution in [2.75, 3.05) is 0 Å². The lowest BCUT2D eigenvalue weighted by molar-refractivity contribution is 0.200. The normalized spacial score (nSPS) is 12.7. The summed E-state index contributed by atoms with van der Waals surface area (Å²) in [5, 5.41) is 26.5. The molecule has 6 heteroatoms. The van der Waals surface area contributed by atoms with E-state index >= 15 is 0 Å². The number of hydrogen-bond acceptors (Lipinski definition) is 3. The standard InChI is InChI=1S/C7H7BBrFO3/c9-6-3-4(10)1-2-5(6)7(11)8(12)13/h1-3,7,11-13H/t7-/m1/s1. The molecule has 0 saturated carbocycles. The monoisotopic (exact) mass is 248 g/mol. The summed E-state index contributed by atoms with van der Waals surface area (Å²) >= 11 is 2.99. The minimum atomic E-state index is -1.87. The lowest BCUT2D eigenvalue weighted by atomic mass is 9.78. The van der Waals surface area contributed by atoms with Gasteiger partial charge in [0.2, 0.25) is 0 Å². The molecule has 0 bridgehead atoms. The highest BCUT2D eigenvalue weighted by atomic mass is 79.9. The topological polar surface area (TPSA) is 60.7 Å². The minimum Gasteiger partial charge on any atom is -0.425 e. The molecule has 1 aromatic carbocycles. The first kappa shape index (κ1) is 10.7. The Kier molecular flexibility index (Phi) is 3.43. The molecular weight excluding hydrogens is 242 g/mol. The summed E-state index contributed by atoms with van der Waals surface area (Å²) in [6.45, 7) is 0. The van der Waals surface area contributed by atoms with Crippen LogP contribution in [-0.4, -0.2) is 22.3 Å². The van der Waals surface area contributed by atoms with Gasteiger partial charge in [0.05, 0.1) is 0 Å². The fraction of sp³-hybridized carbons (Fsp3) is 0.143. The van der Waals surface area contributed by atoms with E-state index in [9.17, 15) is 9.50 Å². The number of aliphatic hydroxyl groups is 1. The van der Waals surface area contributed by atoms with Gasteiger partial charge in [-0.2, -0.15) is 0 Å². The maximum atomic E-state index is 12.6. The van der Waals surface area contributed by atoms with Crippen LogP contribution in [-0.2, 0) is 0 Å². The van der Waals surface area contributed by atoms with Gasteiger partial charge < -0.3 is 15.2 Å². The highest BCUT2D eigenvalue weighted by Gasteiger charge is 2.24. The number of aliphatic hydroxyl groups excluding tert-OH is 1. The third-order valence-corrected chi connectivity index (χ3v) is 2.25. The zero-order valence-electron chi connectivity index (χ0n) is 6.48. The Labute approximate surface area is 83.1 Å². The van der Waals surface area contributed by atoms with Gasteiger partial charge in [-0.1, -0.05) is 22.0 Å². The van der Waals surface area contributed by atoms with Crippen molar-refractivity contribution in [1.82, 2.24) is 0 Å². The second-order valence-electron chi connectivity index (χ2n) is 2.52. The molecule has 0 aromatic heterocycles. The molecule has 70 valence electrons. The van der Waals surface area contributed by atoms with Crippen LogP contribution in [0.2, 0.25) is 0 Å². The molecule has 1 aromatic rings. The highest BCUT2D eigenvalue weighted by Crippen LogP contribution is 2.24. The first-order chi connectivity index (χ1) is 6.02. The Hall–Kier alpha value is -0.425. The number of rotatable bonds is 2. The van der Waals surface area contributed by atoms with E-state index in [1.165, 1.54) is 6.07 Å². The summed E-state index contributed by atoms with van der Waals surface area (Å²) in [5.74, 6) is -0.463. The number of hydrogen-bond donors (Lipinski definition) is 3. The molecule has 1 rings (SSSR count). The smallest absolute Gasteiger partial charge is 0.425 e. The van der Waals surface area contributed by atoms with Crippen molar-refractivity contribution >= 4 is 23.0 Å². The van der Waals surface area contributed by atoms with Crippen molar-refractivity contribution in [2.45, 2.75) is 6.00 Å². The van der Waals surface area contributed by atoms with Crippen LogP contribution in [0.1, 0.15) is 11.6 Å². The maximum absolute atomic E-state index is 12.6. The molecule has 3 N–H and O–H groups in total. The third-order valence-electron chi connectivity index (χ3n) is 1.56. The van der Waals surface area contributed by atoms with E-state index in [0.717, 1.165) is 12.1 Å². The largest absolute Gasteiger partial charge is 0.487 e. The SMILES string of the molecule is OB(O)[C@H](O)c1ccc(F)cc1Br. The zero-order valence-corrected chi connectivity index (χ0v) is 8.07. The molecule has 0 aliphatic carbocycles. The average molecular weight is 249 g/mol. The van der Waals surface area contributed by atoms with Crippen molar-refractivity contribution in [1.29, 1.82) is 0 Å². The molecule has 0 aliphatic rings. The lowest BCUT2D eigenvalue weighted by Gasteiger charge is -2.10. The lowest BCUT2D eigenvalue weighted by Crippen LogP contribution is -2.23. The van der Waals surface area contributed by atoms with Gasteiger partial charge in [0.25, 0.3) is 0 Å². The minimum absolute atomic E-state index is 0.233. The van der Waals surface area contributed by atoms with Gasteiger partial charge in [-0.3, -0.25) is 0 Å². The van der Waals surface area contributed by atoms with Gasteiger partial charge in [0.15, 0.2) is 0 Å². The van der Waals surface area contributed by atoms with Crippen LogP contribution in [0.15, 0.2) is 22.7 Å². The second kappa shape index (κ2) is 4.19. The summed E-state index contributed by atoms with van der Waals surface area (Å²) in [6, 6.07) is 2.12. The van der Waals surface area contributed by atoms with E-state index in [4.69, 9.17) is 10.0 Å². The Morgan fingerprint density at radius 1 is 1.38 bits per heavy atom.